The molecule has 0 unspecified atom stereocenters. The van der Waals surface area contributed by atoms with Crippen LogP contribution in [0.4, 0.5) is 20.2 Å². The third kappa shape index (κ3) is 4.28. The molecule has 6 nitrogen and oxygen atoms in total. The van der Waals surface area contributed by atoms with E-state index >= 15 is 0 Å². The van der Waals surface area contributed by atoms with Crippen LogP contribution in [0, 0.1) is 0 Å². The lowest BCUT2D eigenvalue weighted by Crippen LogP contribution is -2.29. The summed E-state index contributed by atoms with van der Waals surface area (Å²) < 4.78 is 28.7. The van der Waals surface area contributed by atoms with Gasteiger partial charge in [0.25, 0.3) is 11.8 Å². The van der Waals surface area contributed by atoms with E-state index in [2.05, 4.69) is 10.1 Å². The van der Waals surface area contributed by atoms with E-state index in [4.69, 9.17) is 0 Å². The second kappa shape index (κ2) is 8.35. The van der Waals surface area contributed by atoms with Crippen LogP contribution in [0.5, 0.6) is 5.75 Å². The number of amides is 3. The Kier molecular flexibility index (Phi) is 5.44. The molecular weight excluding hydrogens is 406 g/mol. The maximum Gasteiger partial charge on any atom is 0.387 e. The van der Waals surface area contributed by atoms with Gasteiger partial charge in [0.05, 0.1) is 23.2 Å². The van der Waals surface area contributed by atoms with Gasteiger partial charge in [0.15, 0.2) is 0 Å². The normalized spacial score (nSPS) is 12.8. The van der Waals surface area contributed by atoms with Crippen LogP contribution in [-0.2, 0) is 11.2 Å². The minimum Gasteiger partial charge on any atom is -0.435 e. The Balaban J connectivity index is 1.45. The highest BCUT2D eigenvalue weighted by Gasteiger charge is 2.36. The number of ether oxygens (including phenoxy) is 1. The lowest BCUT2D eigenvalue weighted by Gasteiger charge is -2.15. The van der Waals surface area contributed by atoms with Gasteiger partial charge in [-0.05, 0) is 48.0 Å². The molecule has 8 heteroatoms. The van der Waals surface area contributed by atoms with Crippen LogP contribution in [0.2, 0.25) is 0 Å². The largest absolute Gasteiger partial charge is 0.435 e. The second-order valence-electron chi connectivity index (χ2n) is 6.79. The lowest BCUT2D eigenvalue weighted by atomic mass is 10.1. The summed E-state index contributed by atoms with van der Waals surface area (Å²) in [7, 11) is 0. The van der Waals surface area contributed by atoms with E-state index in [9.17, 15) is 23.2 Å². The summed E-state index contributed by atoms with van der Waals surface area (Å²) in [5.41, 5.74) is 2.03. The van der Waals surface area contributed by atoms with Crippen LogP contribution in [0.15, 0.2) is 72.8 Å². The molecule has 0 radical (unpaired) electrons. The van der Waals surface area contributed by atoms with Gasteiger partial charge in [-0.1, -0.05) is 30.3 Å². The second-order valence-corrected chi connectivity index (χ2v) is 6.79. The first-order valence-electron chi connectivity index (χ1n) is 9.34. The van der Waals surface area contributed by atoms with Crippen molar-refractivity contribution in [2.24, 2.45) is 0 Å². The van der Waals surface area contributed by atoms with E-state index in [0.29, 0.717) is 28.1 Å². The fourth-order valence-electron chi connectivity index (χ4n) is 3.33. The molecule has 31 heavy (non-hydrogen) atoms. The number of carbonyl (C=O) groups excluding carboxylic acids is 3. The van der Waals surface area contributed by atoms with E-state index in [1.165, 1.54) is 24.3 Å². The maximum absolute atomic E-state index is 12.6. The molecule has 1 heterocycles. The highest BCUT2D eigenvalue weighted by molar-refractivity contribution is 6.34. The molecule has 3 amide bonds. The summed E-state index contributed by atoms with van der Waals surface area (Å²) in [5.74, 6) is -1.18. The molecule has 0 aliphatic carbocycles. The zero-order valence-corrected chi connectivity index (χ0v) is 16.0. The van der Waals surface area contributed by atoms with Crippen molar-refractivity contribution in [2.45, 2.75) is 13.0 Å². The van der Waals surface area contributed by atoms with Crippen molar-refractivity contribution in [3.05, 3.63) is 89.5 Å². The van der Waals surface area contributed by atoms with Crippen molar-refractivity contribution < 1.29 is 27.9 Å². The molecule has 0 fully saturated rings. The van der Waals surface area contributed by atoms with Gasteiger partial charge in [-0.2, -0.15) is 8.78 Å². The number of nitrogens with zero attached hydrogens (tertiary/aromatic N) is 1. The molecular formula is C23H16F2N2O4. The molecule has 1 N–H and O–H groups in total. The van der Waals surface area contributed by atoms with Crippen molar-refractivity contribution in [3.8, 4) is 5.75 Å². The number of benzene rings is 3. The number of imide groups is 1. The maximum atomic E-state index is 12.6. The van der Waals surface area contributed by atoms with Gasteiger partial charge in [-0.25, -0.2) is 4.90 Å². The molecule has 0 saturated heterocycles. The number of fused-ring (bicyclic) bond motifs is 1. The summed E-state index contributed by atoms with van der Waals surface area (Å²) in [5, 5.41) is 2.71. The number of carbonyl (C=O) groups is 3. The predicted octanol–water partition coefficient (Wildman–Crippen LogP) is 4.27. The Hall–Kier alpha value is -4.07. The topological polar surface area (TPSA) is 75.7 Å². The van der Waals surface area contributed by atoms with Gasteiger partial charge in [0.2, 0.25) is 5.91 Å². The molecule has 156 valence electrons. The van der Waals surface area contributed by atoms with Crippen LogP contribution in [-0.4, -0.2) is 24.3 Å². The zero-order chi connectivity index (χ0) is 22.0. The first-order chi connectivity index (χ1) is 14.9. The Bertz CT molecular complexity index is 1130. The Labute approximate surface area is 176 Å². The van der Waals surface area contributed by atoms with Crippen LogP contribution in [0.3, 0.4) is 0 Å². The Morgan fingerprint density at radius 1 is 0.903 bits per heavy atom. The van der Waals surface area contributed by atoms with Crippen LogP contribution in [0.1, 0.15) is 26.3 Å². The van der Waals surface area contributed by atoms with Crippen LogP contribution < -0.4 is 15.0 Å². The molecule has 0 spiro atoms. The van der Waals surface area contributed by atoms with Gasteiger partial charge < -0.3 is 10.1 Å². The van der Waals surface area contributed by atoms with Gasteiger partial charge in [0, 0.05) is 5.69 Å². The Morgan fingerprint density at radius 2 is 1.55 bits per heavy atom. The SMILES string of the molecule is O=C(Cc1ccc(OC(F)F)cc1)Nc1cccc(N2C(=O)c3ccccc3C2=O)c1. The minimum atomic E-state index is -2.91. The number of nitrogens with one attached hydrogen (secondary N) is 1. The molecule has 3 aromatic carbocycles. The summed E-state index contributed by atoms with van der Waals surface area (Å²) in [6.07, 6.45) is 0.00615. The average Bonchev–Trinajstić information content (AvgIpc) is 3.00. The van der Waals surface area contributed by atoms with E-state index in [0.717, 1.165) is 4.90 Å². The number of halogens is 2. The summed E-state index contributed by atoms with van der Waals surface area (Å²) in [4.78, 5) is 38.7. The number of hydrogen-bond acceptors (Lipinski definition) is 4. The van der Waals surface area contributed by atoms with E-state index in [1.807, 2.05) is 0 Å². The summed E-state index contributed by atoms with van der Waals surface area (Å²) >= 11 is 0. The highest BCUT2D eigenvalue weighted by Crippen LogP contribution is 2.29. The van der Waals surface area contributed by atoms with Crippen molar-refractivity contribution in [1.29, 1.82) is 0 Å². The average molecular weight is 422 g/mol. The molecule has 0 bridgehead atoms. The minimum absolute atomic E-state index is 0.00615. The first-order valence-corrected chi connectivity index (χ1v) is 9.34. The van der Waals surface area contributed by atoms with Crippen molar-refractivity contribution in [1.82, 2.24) is 0 Å². The monoisotopic (exact) mass is 422 g/mol. The number of anilines is 2. The van der Waals surface area contributed by atoms with E-state index < -0.39 is 18.4 Å². The third-order valence-corrected chi connectivity index (χ3v) is 4.70. The molecule has 4 rings (SSSR count). The lowest BCUT2D eigenvalue weighted by molar-refractivity contribution is -0.115. The number of hydrogen-bond donors (Lipinski definition) is 1. The van der Waals surface area contributed by atoms with Gasteiger partial charge in [0.1, 0.15) is 5.75 Å². The van der Waals surface area contributed by atoms with Crippen molar-refractivity contribution in [3.63, 3.8) is 0 Å². The van der Waals surface area contributed by atoms with Crippen molar-refractivity contribution in [2.75, 3.05) is 10.2 Å². The molecule has 1 aliphatic rings. The fourth-order valence-corrected chi connectivity index (χ4v) is 3.33. The quantitative estimate of drug-likeness (QED) is 0.602. The summed E-state index contributed by atoms with van der Waals surface area (Å²) in [6, 6.07) is 18.8. The van der Waals surface area contributed by atoms with Crippen molar-refractivity contribution >= 4 is 29.1 Å². The zero-order valence-electron chi connectivity index (χ0n) is 16.0. The molecule has 0 aromatic heterocycles. The standard InChI is InChI=1S/C23H16F2N2O4/c24-23(25)31-17-10-8-14(9-11-17)12-20(28)26-15-4-3-5-16(13-15)27-21(29)18-6-1-2-7-19(18)22(27)30/h1-11,13,23H,12H2,(H,26,28). The molecule has 1 aliphatic heterocycles. The van der Waals surface area contributed by atoms with Crippen LogP contribution >= 0.6 is 0 Å². The van der Waals surface area contributed by atoms with Gasteiger partial charge >= 0.3 is 6.61 Å². The van der Waals surface area contributed by atoms with E-state index in [1.54, 1.807) is 48.5 Å². The Morgan fingerprint density at radius 3 is 2.16 bits per heavy atom. The highest BCUT2D eigenvalue weighted by atomic mass is 19.3. The van der Waals surface area contributed by atoms with E-state index in [-0.39, 0.29) is 18.1 Å². The molecule has 0 atom stereocenters. The first kappa shape index (κ1) is 20.2. The molecule has 3 aromatic rings. The van der Waals surface area contributed by atoms with Crippen LogP contribution in [0.25, 0.3) is 0 Å². The van der Waals surface area contributed by atoms with Gasteiger partial charge in [-0.3, -0.25) is 14.4 Å². The fraction of sp³-hybridized carbons (Fsp3) is 0.0870. The number of rotatable bonds is 6. The van der Waals surface area contributed by atoms with Gasteiger partial charge in [-0.15, -0.1) is 0 Å². The predicted molar refractivity (Wildman–Crippen MR) is 109 cm³/mol. The molecule has 0 saturated carbocycles. The number of alkyl halides is 2. The smallest absolute Gasteiger partial charge is 0.387 e. The third-order valence-electron chi connectivity index (χ3n) is 4.70. The summed E-state index contributed by atoms with van der Waals surface area (Å²) in [6.45, 7) is -2.91.